The van der Waals surface area contributed by atoms with Gasteiger partial charge in [-0.25, -0.2) is 0 Å². The van der Waals surface area contributed by atoms with Gasteiger partial charge >= 0.3 is 11.9 Å². The molecule has 0 bridgehead atoms. The molecule has 0 aromatic carbocycles. The molecule has 2 N–H and O–H groups in total. The van der Waals surface area contributed by atoms with Gasteiger partial charge in [0.25, 0.3) is 0 Å². The number of carbonyl (C=O) groups is 2. The fraction of sp³-hybridized carbons (Fsp3) is 0.818. The standard InChI is InChI=1S/C11H20O4S/c12-10(13)6-4-2-1-3-5-8-16-9-7-11(14)15/h1-9H2,(H,12,13)(H,14,15). The zero-order valence-corrected chi connectivity index (χ0v) is 10.3. The van der Waals surface area contributed by atoms with Crippen molar-refractivity contribution in [2.75, 3.05) is 11.5 Å². The summed E-state index contributed by atoms with van der Waals surface area (Å²) in [4.78, 5) is 20.4. The van der Waals surface area contributed by atoms with Gasteiger partial charge in [0, 0.05) is 12.2 Å². The molecule has 0 aliphatic carbocycles. The molecule has 4 nitrogen and oxygen atoms in total. The summed E-state index contributed by atoms with van der Waals surface area (Å²) >= 11 is 1.68. The summed E-state index contributed by atoms with van der Waals surface area (Å²) in [6.45, 7) is 0. The highest BCUT2D eigenvalue weighted by atomic mass is 32.2. The lowest BCUT2D eigenvalue weighted by Gasteiger charge is -2.00. The van der Waals surface area contributed by atoms with Gasteiger partial charge in [0.1, 0.15) is 0 Å². The van der Waals surface area contributed by atoms with Gasteiger partial charge in [0.15, 0.2) is 0 Å². The Kier molecular flexibility index (Phi) is 10.3. The van der Waals surface area contributed by atoms with Gasteiger partial charge in [0.05, 0.1) is 6.42 Å². The molecule has 0 aliphatic heterocycles. The molecule has 0 aliphatic rings. The summed E-state index contributed by atoms with van der Waals surface area (Å²) in [5, 5.41) is 16.8. The summed E-state index contributed by atoms with van der Waals surface area (Å²) < 4.78 is 0. The second-order valence-corrected chi connectivity index (χ2v) is 4.89. The molecule has 0 fully saturated rings. The molecule has 0 heterocycles. The summed E-state index contributed by atoms with van der Waals surface area (Å²) in [5.74, 6) is 0.242. The highest BCUT2D eigenvalue weighted by Crippen LogP contribution is 2.10. The van der Waals surface area contributed by atoms with Gasteiger partial charge in [-0.15, -0.1) is 0 Å². The molecule has 0 aromatic heterocycles. The van der Waals surface area contributed by atoms with Crippen LogP contribution in [-0.4, -0.2) is 33.7 Å². The predicted octanol–water partition coefficient (Wildman–Crippen LogP) is 2.62. The van der Waals surface area contributed by atoms with E-state index in [9.17, 15) is 9.59 Å². The zero-order valence-electron chi connectivity index (χ0n) is 9.48. The molecule has 0 amide bonds. The third-order valence-electron chi connectivity index (χ3n) is 2.14. The predicted molar refractivity (Wildman–Crippen MR) is 64.9 cm³/mol. The molecular formula is C11H20O4S. The average molecular weight is 248 g/mol. The molecule has 16 heavy (non-hydrogen) atoms. The Labute approximate surface area is 100 Å². The second kappa shape index (κ2) is 10.8. The lowest BCUT2D eigenvalue weighted by atomic mass is 10.1. The first-order valence-electron chi connectivity index (χ1n) is 5.64. The number of carboxylic acids is 2. The van der Waals surface area contributed by atoms with E-state index >= 15 is 0 Å². The monoisotopic (exact) mass is 248 g/mol. The fourth-order valence-corrected chi connectivity index (χ4v) is 2.20. The van der Waals surface area contributed by atoms with Gasteiger partial charge in [-0.2, -0.15) is 11.8 Å². The van der Waals surface area contributed by atoms with E-state index in [0.717, 1.165) is 37.9 Å². The number of unbranched alkanes of at least 4 members (excludes halogenated alkanes) is 4. The summed E-state index contributed by atoms with van der Waals surface area (Å²) in [6, 6.07) is 0. The molecule has 0 unspecified atom stereocenters. The zero-order chi connectivity index (χ0) is 12.2. The van der Waals surface area contributed by atoms with Crippen LogP contribution in [0, 0.1) is 0 Å². The first-order valence-corrected chi connectivity index (χ1v) is 6.79. The Hall–Kier alpha value is -0.710. The SMILES string of the molecule is O=C(O)CCCCCCCSCCC(=O)O. The number of hydrogen-bond donors (Lipinski definition) is 2. The van der Waals surface area contributed by atoms with Crippen molar-refractivity contribution in [2.45, 2.75) is 44.9 Å². The lowest BCUT2D eigenvalue weighted by molar-refractivity contribution is -0.137. The van der Waals surface area contributed by atoms with Crippen molar-refractivity contribution in [2.24, 2.45) is 0 Å². The molecule has 5 heteroatoms. The second-order valence-electron chi connectivity index (χ2n) is 3.67. The maximum absolute atomic E-state index is 10.2. The Morgan fingerprint density at radius 1 is 0.750 bits per heavy atom. The number of thioether (sulfide) groups is 1. The van der Waals surface area contributed by atoms with Crippen LogP contribution in [0.15, 0.2) is 0 Å². The third kappa shape index (κ3) is 13.3. The number of aliphatic carboxylic acids is 2. The quantitative estimate of drug-likeness (QED) is 0.550. The van der Waals surface area contributed by atoms with E-state index in [4.69, 9.17) is 10.2 Å². The van der Waals surface area contributed by atoms with Gasteiger partial charge in [-0.05, 0) is 18.6 Å². The number of hydrogen-bond acceptors (Lipinski definition) is 3. The Morgan fingerprint density at radius 3 is 1.94 bits per heavy atom. The summed E-state index contributed by atoms with van der Waals surface area (Å²) in [6.07, 6.45) is 5.54. The smallest absolute Gasteiger partial charge is 0.304 e. The Morgan fingerprint density at radius 2 is 1.31 bits per heavy atom. The van der Waals surface area contributed by atoms with Crippen molar-refractivity contribution in [1.29, 1.82) is 0 Å². The van der Waals surface area contributed by atoms with E-state index in [1.165, 1.54) is 0 Å². The fourth-order valence-electron chi connectivity index (χ4n) is 1.27. The van der Waals surface area contributed by atoms with E-state index in [0.29, 0.717) is 5.75 Å². The van der Waals surface area contributed by atoms with Crippen molar-refractivity contribution < 1.29 is 19.8 Å². The van der Waals surface area contributed by atoms with Gasteiger partial charge in [0.2, 0.25) is 0 Å². The molecule has 0 spiro atoms. The third-order valence-corrected chi connectivity index (χ3v) is 3.21. The molecule has 0 saturated heterocycles. The lowest BCUT2D eigenvalue weighted by Crippen LogP contribution is -1.96. The molecule has 94 valence electrons. The van der Waals surface area contributed by atoms with E-state index in [2.05, 4.69) is 0 Å². The van der Waals surface area contributed by atoms with Crippen LogP contribution in [-0.2, 0) is 9.59 Å². The highest BCUT2D eigenvalue weighted by molar-refractivity contribution is 7.99. The molecule has 0 radical (unpaired) electrons. The molecule has 0 aromatic rings. The van der Waals surface area contributed by atoms with E-state index in [-0.39, 0.29) is 12.8 Å². The number of rotatable bonds is 11. The maximum Gasteiger partial charge on any atom is 0.304 e. The van der Waals surface area contributed by atoms with Crippen LogP contribution in [0.1, 0.15) is 44.9 Å². The number of carboxylic acid groups (broad SMARTS) is 2. The molecule has 0 rings (SSSR count). The van der Waals surface area contributed by atoms with Crippen LogP contribution in [0.25, 0.3) is 0 Å². The molecular weight excluding hydrogens is 228 g/mol. The Bertz CT molecular complexity index is 184. The average Bonchev–Trinajstić information content (AvgIpc) is 2.20. The van der Waals surface area contributed by atoms with Gasteiger partial charge < -0.3 is 10.2 Å². The van der Waals surface area contributed by atoms with Gasteiger partial charge in [-0.3, -0.25) is 9.59 Å². The molecule has 0 saturated carbocycles. The largest absolute Gasteiger partial charge is 0.481 e. The van der Waals surface area contributed by atoms with E-state index < -0.39 is 11.9 Å². The van der Waals surface area contributed by atoms with Crippen molar-refractivity contribution in [3.8, 4) is 0 Å². The van der Waals surface area contributed by atoms with Crippen molar-refractivity contribution >= 4 is 23.7 Å². The minimum atomic E-state index is -0.735. The van der Waals surface area contributed by atoms with Crippen molar-refractivity contribution in [3.05, 3.63) is 0 Å². The minimum Gasteiger partial charge on any atom is -0.481 e. The maximum atomic E-state index is 10.2. The first kappa shape index (κ1) is 15.3. The van der Waals surface area contributed by atoms with Crippen molar-refractivity contribution in [3.63, 3.8) is 0 Å². The van der Waals surface area contributed by atoms with Crippen LogP contribution in [0.3, 0.4) is 0 Å². The van der Waals surface area contributed by atoms with Crippen LogP contribution >= 0.6 is 11.8 Å². The van der Waals surface area contributed by atoms with E-state index in [1.54, 1.807) is 11.8 Å². The summed E-state index contributed by atoms with van der Waals surface area (Å²) in [5.41, 5.74) is 0. The summed E-state index contributed by atoms with van der Waals surface area (Å²) in [7, 11) is 0. The van der Waals surface area contributed by atoms with E-state index in [1.807, 2.05) is 0 Å². The minimum absolute atomic E-state index is 0.239. The topological polar surface area (TPSA) is 74.6 Å². The van der Waals surface area contributed by atoms with Crippen LogP contribution in [0.4, 0.5) is 0 Å². The molecule has 0 atom stereocenters. The van der Waals surface area contributed by atoms with Crippen LogP contribution in [0.2, 0.25) is 0 Å². The Balaban J connectivity index is 2.98. The van der Waals surface area contributed by atoms with Gasteiger partial charge in [-0.1, -0.05) is 19.3 Å². The normalized spacial score (nSPS) is 10.2. The highest BCUT2D eigenvalue weighted by Gasteiger charge is 1.98. The van der Waals surface area contributed by atoms with Crippen LogP contribution in [0.5, 0.6) is 0 Å². The first-order chi connectivity index (χ1) is 7.63. The van der Waals surface area contributed by atoms with Crippen molar-refractivity contribution in [1.82, 2.24) is 0 Å². The van der Waals surface area contributed by atoms with Crippen LogP contribution < -0.4 is 0 Å².